The number of nitrogens with zero attached hydrogens (tertiary/aromatic N) is 3. The van der Waals surface area contributed by atoms with E-state index < -0.39 is 4.92 Å². The van der Waals surface area contributed by atoms with Crippen molar-refractivity contribution in [3.8, 4) is 6.07 Å². The summed E-state index contributed by atoms with van der Waals surface area (Å²) < 4.78 is 0. The second kappa shape index (κ2) is 7.18. The van der Waals surface area contributed by atoms with Gasteiger partial charge < -0.3 is 5.32 Å². The lowest BCUT2D eigenvalue weighted by Crippen LogP contribution is -2.14. The fourth-order valence-electron chi connectivity index (χ4n) is 2.30. The van der Waals surface area contributed by atoms with Crippen LogP contribution in [-0.4, -0.2) is 16.5 Å². The Morgan fingerprint density at radius 1 is 1.36 bits per heavy atom. The molecule has 0 fully saturated rings. The molecule has 6 heteroatoms. The summed E-state index contributed by atoms with van der Waals surface area (Å²) in [7, 11) is 0. The van der Waals surface area contributed by atoms with Crippen LogP contribution in [-0.2, 0) is 0 Å². The molecule has 1 N–H and O–H groups in total. The van der Waals surface area contributed by atoms with E-state index >= 15 is 0 Å². The average Bonchev–Trinajstić information content (AvgIpc) is 2.55. The monoisotopic (exact) mass is 296 g/mol. The second-order valence-electron chi connectivity index (χ2n) is 4.82. The predicted octanol–water partition coefficient (Wildman–Crippen LogP) is 3.47. The number of anilines is 1. The van der Waals surface area contributed by atoms with Gasteiger partial charge in [0.25, 0.3) is 0 Å². The standard InChI is InChI=1S/C16H16N4O2/c1-2-12(13-6-4-3-5-7-13)11-19-16-15(20(21)22)14(10-17)8-9-18-16/h3-9,12H,2,11H2,1H3,(H,18,19). The Labute approximate surface area is 128 Å². The first-order valence-electron chi connectivity index (χ1n) is 6.99. The van der Waals surface area contributed by atoms with E-state index in [0.717, 1.165) is 12.0 Å². The summed E-state index contributed by atoms with van der Waals surface area (Å²) in [6, 6.07) is 13.1. The highest BCUT2D eigenvalue weighted by molar-refractivity contribution is 5.64. The number of pyridine rings is 1. The Bertz CT molecular complexity index is 695. The Hall–Kier alpha value is -2.94. The molecule has 1 unspecified atom stereocenters. The van der Waals surface area contributed by atoms with E-state index in [1.165, 1.54) is 12.3 Å². The molecule has 112 valence electrons. The molecule has 2 rings (SSSR count). The molecule has 0 saturated carbocycles. The molecule has 22 heavy (non-hydrogen) atoms. The molecule has 0 saturated heterocycles. The van der Waals surface area contributed by atoms with Crippen molar-refractivity contribution in [2.45, 2.75) is 19.3 Å². The minimum Gasteiger partial charge on any atom is -0.364 e. The van der Waals surface area contributed by atoms with E-state index in [-0.39, 0.29) is 23.0 Å². The molecule has 6 nitrogen and oxygen atoms in total. The SMILES string of the molecule is CCC(CNc1nccc(C#N)c1[N+](=O)[O-])c1ccccc1. The van der Waals surface area contributed by atoms with Gasteiger partial charge in [0.1, 0.15) is 11.6 Å². The Balaban J connectivity index is 2.21. The topological polar surface area (TPSA) is 91.8 Å². The van der Waals surface area contributed by atoms with Gasteiger partial charge in [-0.3, -0.25) is 10.1 Å². The lowest BCUT2D eigenvalue weighted by atomic mass is 9.96. The van der Waals surface area contributed by atoms with Crippen LogP contribution in [0, 0.1) is 21.4 Å². The Kier molecular flexibility index (Phi) is 5.04. The highest BCUT2D eigenvalue weighted by Crippen LogP contribution is 2.27. The lowest BCUT2D eigenvalue weighted by Gasteiger charge is -2.16. The highest BCUT2D eigenvalue weighted by atomic mass is 16.6. The van der Waals surface area contributed by atoms with E-state index in [0.29, 0.717) is 6.54 Å². The molecule has 0 radical (unpaired) electrons. The maximum atomic E-state index is 11.2. The van der Waals surface area contributed by atoms with Gasteiger partial charge in [-0.15, -0.1) is 0 Å². The van der Waals surface area contributed by atoms with Crippen LogP contribution < -0.4 is 5.32 Å². The van der Waals surface area contributed by atoms with E-state index in [4.69, 9.17) is 5.26 Å². The molecule has 1 aromatic heterocycles. The quantitative estimate of drug-likeness (QED) is 0.651. The average molecular weight is 296 g/mol. The maximum absolute atomic E-state index is 11.2. The summed E-state index contributed by atoms with van der Waals surface area (Å²) in [6.45, 7) is 2.58. The van der Waals surface area contributed by atoms with Crippen molar-refractivity contribution in [1.29, 1.82) is 5.26 Å². The molecular weight excluding hydrogens is 280 g/mol. The zero-order valence-electron chi connectivity index (χ0n) is 12.2. The number of hydrogen-bond acceptors (Lipinski definition) is 5. The van der Waals surface area contributed by atoms with Gasteiger partial charge >= 0.3 is 5.69 Å². The first kappa shape index (κ1) is 15.4. The van der Waals surface area contributed by atoms with Crippen LogP contribution in [0.3, 0.4) is 0 Å². The largest absolute Gasteiger partial charge is 0.364 e. The van der Waals surface area contributed by atoms with Crippen LogP contribution in [0.15, 0.2) is 42.6 Å². The third-order valence-electron chi connectivity index (χ3n) is 3.51. The van der Waals surface area contributed by atoms with Crippen LogP contribution in [0.5, 0.6) is 0 Å². The number of aromatic nitrogens is 1. The molecule has 0 amide bonds. The van der Waals surface area contributed by atoms with Crippen LogP contribution >= 0.6 is 0 Å². The van der Waals surface area contributed by atoms with Crippen LogP contribution in [0.2, 0.25) is 0 Å². The van der Waals surface area contributed by atoms with Gasteiger partial charge in [-0.2, -0.15) is 5.26 Å². The molecule has 1 atom stereocenters. The molecule has 1 aromatic carbocycles. The minimum absolute atomic E-state index is 0.00950. The third kappa shape index (κ3) is 3.38. The van der Waals surface area contributed by atoms with Crippen molar-refractivity contribution in [2.75, 3.05) is 11.9 Å². The van der Waals surface area contributed by atoms with E-state index in [2.05, 4.69) is 17.2 Å². The first-order valence-corrected chi connectivity index (χ1v) is 6.99. The minimum atomic E-state index is -0.572. The highest BCUT2D eigenvalue weighted by Gasteiger charge is 2.21. The lowest BCUT2D eigenvalue weighted by molar-refractivity contribution is -0.384. The van der Waals surface area contributed by atoms with Crippen LogP contribution in [0.25, 0.3) is 0 Å². The molecule has 2 aromatic rings. The summed E-state index contributed by atoms with van der Waals surface area (Å²) in [5.41, 5.74) is 0.903. The van der Waals surface area contributed by atoms with Gasteiger partial charge in [0.15, 0.2) is 0 Å². The predicted molar refractivity (Wildman–Crippen MR) is 83.6 cm³/mol. The zero-order valence-corrected chi connectivity index (χ0v) is 12.2. The molecule has 0 aliphatic carbocycles. The van der Waals surface area contributed by atoms with Gasteiger partial charge in [0, 0.05) is 18.7 Å². The van der Waals surface area contributed by atoms with E-state index in [9.17, 15) is 10.1 Å². The number of nitriles is 1. The van der Waals surface area contributed by atoms with Crippen molar-refractivity contribution in [1.82, 2.24) is 4.98 Å². The van der Waals surface area contributed by atoms with Gasteiger partial charge in [-0.05, 0) is 18.1 Å². The van der Waals surface area contributed by atoms with E-state index in [1.54, 1.807) is 0 Å². The number of rotatable bonds is 6. The molecule has 0 aliphatic rings. The van der Waals surface area contributed by atoms with Crippen LogP contribution in [0.4, 0.5) is 11.5 Å². The smallest absolute Gasteiger partial charge is 0.328 e. The van der Waals surface area contributed by atoms with Gasteiger partial charge in [-0.25, -0.2) is 4.98 Å². The zero-order chi connectivity index (χ0) is 15.9. The number of hydrogen-bond donors (Lipinski definition) is 1. The van der Waals surface area contributed by atoms with Crippen molar-refractivity contribution in [3.05, 3.63) is 63.8 Å². The summed E-state index contributed by atoms with van der Waals surface area (Å²) in [6.07, 6.45) is 2.29. The Morgan fingerprint density at radius 2 is 2.09 bits per heavy atom. The second-order valence-corrected chi connectivity index (χ2v) is 4.82. The van der Waals surface area contributed by atoms with Crippen molar-refractivity contribution < 1.29 is 4.92 Å². The Morgan fingerprint density at radius 3 is 2.68 bits per heavy atom. The molecular formula is C16H16N4O2. The normalized spacial score (nSPS) is 11.5. The number of benzene rings is 1. The fourth-order valence-corrected chi connectivity index (χ4v) is 2.30. The molecule has 1 heterocycles. The van der Waals surface area contributed by atoms with Crippen LogP contribution in [0.1, 0.15) is 30.4 Å². The van der Waals surface area contributed by atoms with Gasteiger partial charge in [-0.1, -0.05) is 37.3 Å². The molecule has 0 aliphatic heterocycles. The summed E-state index contributed by atoms with van der Waals surface area (Å²) in [5, 5.41) is 23.2. The van der Waals surface area contributed by atoms with Gasteiger partial charge in [0.2, 0.25) is 5.82 Å². The van der Waals surface area contributed by atoms with Crippen molar-refractivity contribution >= 4 is 11.5 Å². The third-order valence-corrected chi connectivity index (χ3v) is 3.51. The van der Waals surface area contributed by atoms with Crippen molar-refractivity contribution in [2.24, 2.45) is 0 Å². The summed E-state index contributed by atoms with van der Waals surface area (Å²) in [4.78, 5) is 14.6. The van der Waals surface area contributed by atoms with E-state index in [1.807, 2.05) is 36.4 Å². The first-order chi connectivity index (χ1) is 10.7. The fraction of sp³-hybridized carbons (Fsp3) is 0.250. The summed E-state index contributed by atoms with van der Waals surface area (Å²) in [5.74, 6) is 0.353. The maximum Gasteiger partial charge on any atom is 0.328 e. The molecule has 0 spiro atoms. The van der Waals surface area contributed by atoms with Crippen molar-refractivity contribution in [3.63, 3.8) is 0 Å². The number of nitro groups is 1. The summed E-state index contributed by atoms with van der Waals surface area (Å²) >= 11 is 0. The molecule has 0 bridgehead atoms. The van der Waals surface area contributed by atoms with Gasteiger partial charge in [0.05, 0.1) is 4.92 Å². The number of nitrogens with one attached hydrogen (secondary N) is 1.